The monoisotopic (exact) mass is 426 g/mol. The van der Waals surface area contributed by atoms with Crippen LogP contribution in [0.25, 0.3) is 0 Å². The summed E-state index contributed by atoms with van der Waals surface area (Å²) >= 11 is 0. The van der Waals surface area contributed by atoms with Crippen LogP contribution in [-0.2, 0) is 24.3 Å². The van der Waals surface area contributed by atoms with Gasteiger partial charge < -0.3 is 9.84 Å². The van der Waals surface area contributed by atoms with Crippen LogP contribution in [0, 0.1) is 5.92 Å². The number of hydrogen-bond donors (Lipinski definition) is 1. The predicted molar refractivity (Wildman–Crippen MR) is 107 cm³/mol. The number of carbonyl (C=O) groups excluding carboxylic acids is 1. The molecule has 0 unspecified atom stereocenters. The van der Waals surface area contributed by atoms with Gasteiger partial charge in [0.2, 0.25) is 0 Å². The summed E-state index contributed by atoms with van der Waals surface area (Å²) in [5.41, 5.74) is -2.11. The van der Waals surface area contributed by atoms with Gasteiger partial charge in [0, 0.05) is 0 Å². The fraction of sp³-hybridized carbons (Fsp3) is 0.667. The molecule has 1 aromatic carbocycles. The molecule has 5 atom stereocenters. The van der Waals surface area contributed by atoms with Crippen LogP contribution in [0.15, 0.2) is 30.3 Å². The molecule has 1 heterocycles. The third-order valence-electron chi connectivity index (χ3n) is 6.09. The molecule has 0 radical (unpaired) electrons. The molecule has 162 valence electrons. The summed E-state index contributed by atoms with van der Waals surface area (Å²) in [4.78, 5) is 23.5. The number of rotatable bonds is 7. The first-order chi connectivity index (χ1) is 13.6. The van der Waals surface area contributed by atoms with Gasteiger partial charge in [-0.2, -0.15) is 0 Å². The third kappa shape index (κ3) is 4.82. The van der Waals surface area contributed by atoms with Gasteiger partial charge in [0.15, 0.2) is 9.84 Å². The van der Waals surface area contributed by atoms with E-state index in [0.717, 1.165) is 6.42 Å². The highest BCUT2D eigenvalue weighted by atomic mass is 32.2. The quantitative estimate of drug-likeness (QED) is 0.529. The molecule has 0 aromatic heterocycles. The van der Waals surface area contributed by atoms with Crippen LogP contribution in [-0.4, -0.2) is 54.4 Å². The van der Waals surface area contributed by atoms with E-state index in [2.05, 4.69) is 0 Å². The predicted octanol–water partition coefficient (Wildman–Crippen LogP) is 2.68. The Balaban J connectivity index is 1.77. The molecule has 2 aliphatic rings. The summed E-state index contributed by atoms with van der Waals surface area (Å²) in [7, 11) is -3.33. The van der Waals surface area contributed by atoms with Crippen LogP contribution in [0.3, 0.4) is 0 Å². The Morgan fingerprint density at radius 2 is 1.93 bits per heavy atom. The van der Waals surface area contributed by atoms with E-state index in [4.69, 9.17) is 14.5 Å². The van der Waals surface area contributed by atoms with E-state index < -0.39 is 39.2 Å². The molecule has 1 aliphatic carbocycles. The fourth-order valence-corrected chi connectivity index (χ4v) is 6.15. The van der Waals surface area contributed by atoms with E-state index in [1.807, 2.05) is 6.92 Å². The molecule has 7 nitrogen and oxygen atoms in total. The lowest BCUT2D eigenvalue weighted by Gasteiger charge is -2.53. The molecular weight excluding hydrogens is 396 g/mol. The van der Waals surface area contributed by atoms with Crippen molar-refractivity contribution in [2.45, 2.75) is 69.9 Å². The summed E-state index contributed by atoms with van der Waals surface area (Å²) in [6.45, 7) is 5.21. The van der Waals surface area contributed by atoms with Gasteiger partial charge in [-0.05, 0) is 51.2 Å². The van der Waals surface area contributed by atoms with Crippen molar-refractivity contribution in [3.8, 4) is 0 Å². The van der Waals surface area contributed by atoms with E-state index in [0.29, 0.717) is 24.8 Å². The highest BCUT2D eigenvalue weighted by molar-refractivity contribution is 7.91. The van der Waals surface area contributed by atoms with Gasteiger partial charge in [-0.15, -0.1) is 0 Å². The first-order valence-corrected chi connectivity index (χ1v) is 11.9. The molecule has 1 saturated carbocycles. The van der Waals surface area contributed by atoms with Crippen molar-refractivity contribution in [2.24, 2.45) is 5.92 Å². The number of aliphatic hydroxyl groups is 1. The van der Waals surface area contributed by atoms with Crippen LogP contribution >= 0.6 is 0 Å². The zero-order valence-electron chi connectivity index (χ0n) is 17.2. The number of ether oxygens (including phenoxy) is 1. The molecule has 1 N–H and O–H groups in total. The van der Waals surface area contributed by atoms with Gasteiger partial charge in [-0.1, -0.05) is 31.5 Å². The topological polar surface area (TPSA) is 99.1 Å². The number of hydrogen-bond acceptors (Lipinski definition) is 7. The van der Waals surface area contributed by atoms with E-state index in [9.17, 15) is 18.3 Å². The van der Waals surface area contributed by atoms with Crippen LogP contribution in [0.1, 0.15) is 56.8 Å². The maximum Gasteiger partial charge on any atom is 0.338 e. The average molecular weight is 427 g/mol. The highest BCUT2D eigenvalue weighted by Gasteiger charge is 2.58. The SMILES string of the molecule is CCCCS(=O)(=O)C[C@@]1(C)OO[C@H]2C[C@@H]1C[C@H](OC(=O)c1ccccc1)[C@]2(C)O. The number of unbranched alkanes of at least 4 members (excludes halogenated alkanes) is 1. The van der Waals surface area contributed by atoms with Crippen molar-refractivity contribution in [1.29, 1.82) is 0 Å². The first kappa shape index (κ1) is 22.2. The Kier molecular flexibility index (Phi) is 6.38. The van der Waals surface area contributed by atoms with E-state index >= 15 is 0 Å². The maximum atomic E-state index is 12.5. The number of carbonyl (C=O) groups is 1. The van der Waals surface area contributed by atoms with Gasteiger partial charge in [0.25, 0.3) is 0 Å². The lowest BCUT2D eigenvalue weighted by atomic mass is 9.69. The first-order valence-electron chi connectivity index (χ1n) is 10.1. The molecule has 2 bridgehead atoms. The fourth-order valence-electron chi connectivity index (χ4n) is 4.12. The zero-order chi connectivity index (χ0) is 21.3. The number of esters is 1. The van der Waals surface area contributed by atoms with Crippen LogP contribution in [0.5, 0.6) is 0 Å². The van der Waals surface area contributed by atoms with Gasteiger partial charge >= 0.3 is 5.97 Å². The molecular formula is C21H30O7S. The summed E-state index contributed by atoms with van der Waals surface area (Å²) in [6, 6.07) is 8.56. The summed E-state index contributed by atoms with van der Waals surface area (Å²) < 4.78 is 30.7. The van der Waals surface area contributed by atoms with Gasteiger partial charge in [-0.25, -0.2) is 23.0 Å². The second-order valence-electron chi connectivity index (χ2n) is 8.58. The number of benzene rings is 1. The highest BCUT2D eigenvalue weighted by Crippen LogP contribution is 2.47. The van der Waals surface area contributed by atoms with Gasteiger partial charge in [-0.3, -0.25) is 0 Å². The van der Waals surface area contributed by atoms with Gasteiger partial charge in [0.05, 0.1) is 17.1 Å². The Hall–Kier alpha value is -1.48. The van der Waals surface area contributed by atoms with Crippen LogP contribution < -0.4 is 0 Å². The van der Waals surface area contributed by atoms with Crippen molar-refractivity contribution in [1.82, 2.24) is 0 Å². The average Bonchev–Trinajstić information content (AvgIpc) is 2.66. The largest absolute Gasteiger partial charge is 0.456 e. The molecule has 1 saturated heterocycles. The normalized spacial score (nSPS) is 34.6. The Morgan fingerprint density at radius 3 is 2.59 bits per heavy atom. The van der Waals surface area contributed by atoms with Crippen molar-refractivity contribution in [2.75, 3.05) is 11.5 Å². The van der Waals surface area contributed by atoms with Crippen molar-refractivity contribution in [3.63, 3.8) is 0 Å². The number of sulfone groups is 1. The zero-order valence-corrected chi connectivity index (χ0v) is 18.0. The van der Waals surface area contributed by atoms with Crippen molar-refractivity contribution < 1.29 is 32.8 Å². The maximum absolute atomic E-state index is 12.5. The summed E-state index contributed by atoms with van der Waals surface area (Å²) in [5.74, 6) is -0.831. The second-order valence-corrected chi connectivity index (χ2v) is 10.8. The van der Waals surface area contributed by atoms with E-state index in [1.165, 1.54) is 0 Å². The minimum absolute atomic E-state index is 0.0999. The van der Waals surface area contributed by atoms with E-state index in [-0.39, 0.29) is 17.4 Å². The van der Waals surface area contributed by atoms with Crippen LogP contribution in [0.2, 0.25) is 0 Å². The molecule has 0 amide bonds. The smallest absolute Gasteiger partial charge is 0.338 e. The molecule has 8 heteroatoms. The molecule has 1 aliphatic heterocycles. The minimum atomic E-state index is -3.33. The molecule has 2 fully saturated rings. The molecule has 0 spiro atoms. The summed E-state index contributed by atoms with van der Waals surface area (Å²) in [5, 5.41) is 11.0. The van der Waals surface area contributed by atoms with Gasteiger partial charge in [0.1, 0.15) is 23.4 Å². The lowest BCUT2D eigenvalue weighted by molar-refractivity contribution is -0.448. The lowest BCUT2D eigenvalue weighted by Crippen LogP contribution is -2.64. The molecule has 29 heavy (non-hydrogen) atoms. The van der Waals surface area contributed by atoms with Crippen molar-refractivity contribution in [3.05, 3.63) is 35.9 Å². The Morgan fingerprint density at radius 1 is 1.24 bits per heavy atom. The second kappa shape index (κ2) is 8.34. The minimum Gasteiger partial charge on any atom is -0.456 e. The third-order valence-corrected chi connectivity index (χ3v) is 8.02. The standard InChI is InChI=1S/C21H30O7S/c1-4-5-11-29(24,25)14-20(2)16-12-17(21(3,23)18(13-16)27-28-20)26-19(22)15-9-7-6-8-10-15/h6-10,16-18,23H,4-5,11-14H2,1-3H3/t16-,17-,18-,20+,21-/m0/s1. The molecule has 1 aromatic rings. The molecule has 3 rings (SSSR count). The summed E-state index contributed by atoms with van der Waals surface area (Å²) in [6.07, 6.45) is 0.580. The van der Waals surface area contributed by atoms with Crippen LogP contribution in [0.4, 0.5) is 0 Å². The van der Waals surface area contributed by atoms with Crippen molar-refractivity contribution >= 4 is 15.8 Å². The Bertz CT molecular complexity index is 821. The van der Waals surface area contributed by atoms with E-state index in [1.54, 1.807) is 44.2 Å². The Labute approximate surface area is 172 Å². The number of fused-ring (bicyclic) bond motifs is 2.